The average Bonchev–Trinajstić information content (AvgIpc) is 3.18. The first-order chi connectivity index (χ1) is 8.93. The van der Waals surface area contributed by atoms with Gasteiger partial charge in [0.25, 0.3) is 0 Å². The van der Waals surface area contributed by atoms with Gasteiger partial charge in [0.2, 0.25) is 0 Å². The smallest absolute Gasteiger partial charge is 0.334 e. The Labute approximate surface area is 113 Å². The van der Waals surface area contributed by atoms with Gasteiger partial charge in [-0.3, -0.25) is 0 Å². The Morgan fingerprint density at radius 1 is 1.16 bits per heavy atom. The number of carbonyl (C=O) groups excluding carboxylic acids is 1. The van der Waals surface area contributed by atoms with Crippen LogP contribution in [-0.4, -0.2) is 35.5 Å². The highest BCUT2D eigenvalue weighted by Gasteiger charge is 2.64. The van der Waals surface area contributed by atoms with Crippen molar-refractivity contribution in [2.45, 2.75) is 69.0 Å². The van der Waals surface area contributed by atoms with Gasteiger partial charge < -0.3 is 14.2 Å². The van der Waals surface area contributed by atoms with Crippen LogP contribution in [-0.2, 0) is 19.0 Å². The van der Waals surface area contributed by atoms with Crippen molar-refractivity contribution in [2.24, 2.45) is 5.92 Å². The Kier molecular flexibility index (Phi) is 2.14. The third kappa shape index (κ3) is 1.62. The highest BCUT2D eigenvalue weighted by Crippen LogP contribution is 2.54. The molecule has 0 aromatic rings. The number of rotatable bonds is 0. The first kappa shape index (κ1) is 11.9. The van der Waals surface area contributed by atoms with Crippen LogP contribution in [0.15, 0.2) is 12.2 Å². The monoisotopic (exact) mass is 264 g/mol. The fraction of sp³-hybridized carbons (Fsp3) is 0.800. The fourth-order valence-electron chi connectivity index (χ4n) is 3.85. The normalized spacial score (nSPS) is 55.7. The Morgan fingerprint density at radius 3 is 2.68 bits per heavy atom. The predicted molar refractivity (Wildman–Crippen MR) is 67.5 cm³/mol. The zero-order valence-corrected chi connectivity index (χ0v) is 11.5. The van der Waals surface area contributed by atoms with Crippen LogP contribution in [0.4, 0.5) is 0 Å². The maximum Gasteiger partial charge on any atom is 0.334 e. The van der Waals surface area contributed by atoms with Crippen molar-refractivity contribution in [3.05, 3.63) is 12.2 Å². The van der Waals surface area contributed by atoms with Gasteiger partial charge in [0.05, 0.1) is 17.3 Å². The highest BCUT2D eigenvalue weighted by atomic mass is 16.6. The summed E-state index contributed by atoms with van der Waals surface area (Å²) in [6.07, 6.45) is 4.15. The second-order valence-corrected chi connectivity index (χ2v) is 6.85. The van der Waals surface area contributed by atoms with Crippen LogP contribution in [0.3, 0.4) is 0 Å². The Bertz CT molecular complexity index is 473. The van der Waals surface area contributed by atoms with Crippen LogP contribution >= 0.6 is 0 Å². The van der Waals surface area contributed by atoms with Crippen molar-refractivity contribution < 1.29 is 19.0 Å². The van der Waals surface area contributed by atoms with Gasteiger partial charge in [-0.25, -0.2) is 4.79 Å². The van der Waals surface area contributed by atoms with Gasteiger partial charge in [0.15, 0.2) is 0 Å². The minimum Gasteiger partial charge on any atom is -0.455 e. The first-order valence-electron chi connectivity index (χ1n) is 7.18. The van der Waals surface area contributed by atoms with Crippen LogP contribution < -0.4 is 0 Å². The lowest BCUT2D eigenvalue weighted by atomic mass is 9.81. The Morgan fingerprint density at radius 2 is 1.89 bits per heavy atom. The summed E-state index contributed by atoms with van der Waals surface area (Å²) in [5.41, 5.74) is 0.469. The number of ether oxygens (including phenoxy) is 3. The Hall–Kier alpha value is -0.870. The number of fused-ring (bicyclic) bond motifs is 4. The van der Waals surface area contributed by atoms with E-state index in [9.17, 15) is 4.79 Å². The van der Waals surface area contributed by atoms with Gasteiger partial charge in [-0.05, 0) is 39.5 Å². The van der Waals surface area contributed by atoms with Crippen molar-refractivity contribution >= 4 is 5.97 Å². The number of esters is 1. The van der Waals surface area contributed by atoms with E-state index < -0.39 is 0 Å². The largest absolute Gasteiger partial charge is 0.455 e. The van der Waals surface area contributed by atoms with Gasteiger partial charge >= 0.3 is 5.97 Å². The lowest BCUT2D eigenvalue weighted by molar-refractivity contribution is -0.140. The molecular formula is C15H20O4. The molecule has 0 spiro atoms. The maximum absolute atomic E-state index is 11.8. The van der Waals surface area contributed by atoms with Crippen molar-refractivity contribution in [3.8, 4) is 0 Å². The molecule has 4 nitrogen and oxygen atoms in total. The second-order valence-electron chi connectivity index (χ2n) is 6.85. The summed E-state index contributed by atoms with van der Waals surface area (Å²) in [4.78, 5) is 11.8. The van der Waals surface area contributed by atoms with Crippen LogP contribution in [0.1, 0.15) is 39.5 Å². The number of carbonyl (C=O) groups is 1. The minimum absolute atomic E-state index is 0.00540. The predicted octanol–water partition coefficient (Wildman–Crippen LogP) is 1.97. The number of hydrogen-bond acceptors (Lipinski definition) is 4. The van der Waals surface area contributed by atoms with E-state index in [2.05, 4.69) is 20.4 Å². The molecule has 1 unspecified atom stereocenters. The third-order valence-corrected chi connectivity index (χ3v) is 5.48. The van der Waals surface area contributed by atoms with E-state index in [-0.39, 0.29) is 35.3 Å². The summed E-state index contributed by atoms with van der Waals surface area (Å²) in [5, 5.41) is 0. The molecule has 0 bridgehead atoms. The van der Waals surface area contributed by atoms with E-state index in [1.54, 1.807) is 0 Å². The van der Waals surface area contributed by atoms with Gasteiger partial charge in [0.1, 0.15) is 12.2 Å². The molecule has 1 saturated carbocycles. The summed E-state index contributed by atoms with van der Waals surface area (Å²) >= 11 is 0. The minimum atomic E-state index is -0.245. The zero-order valence-electron chi connectivity index (χ0n) is 11.5. The topological polar surface area (TPSA) is 51.4 Å². The summed E-state index contributed by atoms with van der Waals surface area (Å²) in [6.45, 7) is 8.20. The van der Waals surface area contributed by atoms with Crippen LogP contribution in [0, 0.1) is 5.92 Å². The first-order valence-corrected chi connectivity index (χ1v) is 7.18. The van der Waals surface area contributed by atoms with E-state index in [1.165, 1.54) is 0 Å². The van der Waals surface area contributed by atoms with Crippen molar-refractivity contribution in [2.75, 3.05) is 0 Å². The maximum atomic E-state index is 11.8. The summed E-state index contributed by atoms with van der Waals surface area (Å²) < 4.78 is 17.2. The number of hydrogen-bond donors (Lipinski definition) is 0. The van der Waals surface area contributed by atoms with Crippen LogP contribution in [0.5, 0.6) is 0 Å². The highest BCUT2D eigenvalue weighted by molar-refractivity contribution is 5.91. The third-order valence-electron chi connectivity index (χ3n) is 5.48. The fourth-order valence-corrected chi connectivity index (χ4v) is 3.85. The van der Waals surface area contributed by atoms with E-state index in [4.69, 9.17) is 14.2 Å². The number of epoxide rings is 2. The van der Waals surface area contributed by atoms with E-state index in [1.807, 2.05) is 0 Å². The molecule has 3 heterocycles. The molecule has 4 aliphatic rings. The lowest BCUT2D eigenvalue weighted by Gasteiger charge is -2.20. The van der Waals surface area contributed by atoms with E-state index >= 15 is 0 Å². The van der Waals surface area contributed by atoms with Gasteiger partial charge in [-0.15, -0.1) is 0 Å². The molecule has 0 aromatic heterocycles. The van der Waals surface area contributed by atoms with Crippen molar-refractivity contribution in [1.29, 1.82) is 0 Å². The molecule has 6 atom stereocenters. The SMILES string of the molecule is C=C1C(=O)O[C@@H]2[C@H]3OC3(C)CC[C@H]3O[C@]3(C)CC[C@@H]12. The standard InChI is InChI=1S/C15H20O4/c1-8-9-4-6-14(2)10(18-14)5-7-15(3)12(19-15)11(9)17-13(8)16/h9-12H,1,4-7H2,2-3H3/t9-,10+,11-,12+,14+,15?/m0/s1. The summed E-state index contributed by atoms with van der Waals surface area (Å²) in [6, 6.07) is 0. The zero-order chi connectivity index (χ0) is 13.4. The molecule has 0 amide bonds. The average molecular weight is 264 g/mol. The summed E-state index contributed by atoms with van der Waals surface area (Å²) in [5.74, 6) is -0.149. The molecule has 0 aromatic carbocycles. The van der Waals surface area contributed by atoms with Gasteiger partial charge in [-0.1, -0.05) is 6.58 Å². The van der Waals surface area contributed by atoms with Crippen LogP contribution in [0.25, 0.3) is 0 Å². The quantitative estimate of drug-likeness (QED) is 0.381. The molecule has 104 valence electrons. The molecule has 0 N–H and O–H groups in total. The van der Waals surface area contributed by atoms with Gasteiger partial charge in [-0.2, -0.15) is 0 Å². The van der Waals surface area contributed by atoms with Gasteiger partial charge in [0, 0.05) is 11.5 Å². The molecule has 3 aliphatic heterocycles. The molecule has 4 fully saturated rings. The van der Waals surface area contributed by atoms with E-state index in [0.29, 0.717) is 11.7 Å². The molecule has 19 heavy (non-hydrogen) atoms. The molecule has 4 rings (SSSR count). The molecule has 0 radical (unpaired) electrons. The molecular weight excluding hydrogens is 244 g/mol. The summed E-state index contributed by atoms with van der Waals surface area (Å²) in [7, 11) is 0. The lowest BCUT2D eigenvalue weighted by Crippen LogP contribution is -2.30. The van der Waals surface area contributed by atoms with E-state index in [0.717, 1.165) is 25.7 Å². The van der Waals surface area contributed by atoms with Crippen molar-refractivity contribution in [3.63, 3.8) is 0 Å². The molecule has 1 aliphatic carbocycles. The molecule has 4 heteroatoms. The molecule has 3 saturated heterocycles. The van der Waals surface area contributed by atoms with Crippen LogP contribution in [0.2, 0.25) is 0 Å². The Balaban J connectivity index is 1.62. The van der Waals surface area contributed by atoms with Crippen molar-refractivity contribution in [1.82, 2.24) is 0 Å². The second kappa shape index (κ2) is 3.41.